The van der Waals surface area contributed by atoms with Crippen molar-refractivity contribution in [2.75, 3.05) is 23.7 Å². The second kappa shape index (κ2) is 9.02. The van der Waals surface area contributed by atoms with E-state index >= 15 is 0 Å². The molecule has 0 aliphatic carbocycles. The number of benzene rings is 2. The van der Waals surface area contributed by atoms with Crippen LogP contribution in [0.25, 0.3) is 0 Å². The molecule has 5 nitrogen and oxygen atoms in total. The Bertz CT molecular complexity index is 799. The van der Waals surface area contributed by atoms with Crippen LogP contribution in [0.4, 0.5) is 11.4 Å². The van der Waals surface area contributed by atoms with Crippen LogP contribution in [-0.2, 0) is 16.1 Å². The van der Waals surface area contributed by atoms with Gasteiger partial charge >= 0.3 is 0 Å². The summed E-state index contributed by atoms with van der Waals surface area (Å²) in [5, 5.41) is 6.44. The summed E-state index contributed by atoms with van der Waals surface area (Å²) in [5.41, 5.74) is 2.62. The highest BCUT2D eigenvalue weighted by Gasteiger charge is 2.25. The van der Waals surface area contributed by atoms with E-state index in [0.717, 1.165) is 37.5 Å². The highest BCUT2D eigenvalue weighted by molar-refractivity contribution is 6.30. The van der Waals surface area contributed by atoms with Crippen LogP contribution in [0.2, 0.25) is 5.02 Å². The van der Waals surface area contributed by atoms with Gasteiger partial charge < -0.3 is 10.6 Å². The lowest BCUT2D eigenvalue weighted by Gasteiger charge is -2.31. The summed E-state index contributed by atoms with van der Waals surface area (Å²) in [6.45, 7) is 4.13. The van der Waals surface area contributed by atoms with E-state index in [1.165, 1.54) is 12.5 Å². The molecule has 1 aliphatic rings. The van der Waals surface area contributed by atoms with Crippen LogP contribution in [-0.4, -0.2) is 29.8 Å². The SMILES string of the molecule is CC(=O)Nc1cccc(NC(=O)C2CCN(Cc3ccc(Cl)cc3)CC2)c1. The molecule has 3 rings (SSSR count). The predicted octanol–water partition coefficient (Wildman–Crippen LogP) is 4.15. The van der Waals surface area contributed by atoms with Gasteiger partial charge in [0, 0.05) is 35.8 Å². The summed E-state index contributed by atoms with van der Waals surface area (Å²) in [5.74, 6) is -0.0801. The second-order valence-electron chi connectivity index (χ2n) is 6.93. The first kappa shape index (κ1) is 19.4. The molecule has 2 aromatic rings. The zero-order chi connectivity index (χ0) is 19.2. The molecule has 0 bridgehead atoms. The number of nitrogens with zero attached hydrogens (tertiary/aromatic N) is 1. The average Bonchev–Trinajstić information content (AvgIpc) is 2.64. The zero-order valence-electron chi connectivity index (χ0n) is 15.4. The zero-order valence-corrected chi connectivity index (χ0v) is 16.1. The molecule has 0 saturated carbocycles. The molecule has 1 heterocycles. The van der Waals surface area contributed by atoms with Gasteiger partial charge in [0.1, 0.15) is 0 Å². The monoisotopic (exact) mass is 385 g/mol. The number of carbonyl (C=O) groups is 2. The molecular weight excluding hydrogens is 362 g/mol. The minimum absolute atomic E-state index is 0.0101. The van der Waals surface area contributed by atoms with Crippen molar-refractivity contribution >= 4 is 34.8 Å². The fourth-order valence-electron chi connectivity index (χ4n) is 3.32. The predicted molar refractivity (Wildman–Crippen MR) is 109 cm³/mol. The number of nitrogens with one attached hydrogen (secondary N) is 2. The van der Waals surface area contributed by atoms with Crippen molar-refractivity contribution in [3.8, 4) is 0 Å². The normalized spacial score (nSPS) is 15.3. The van der Waals surface area contributed by atoms with Crippen molar-refractivity contribution in [2.24, 2.45) is 5.92 Å². The van der Waals surface area contributed by atoms with Crippen LogP contribution >= 0.6 is 11.6 Å². The van der Waals surface area contributed by atoms with Crippen LogP contribution in [0.3, 0.4) is 0 Å². The Kier molecular flexibility index (Phi) is 6.48. The lowest BCUT2D eigenvalue weighted by molar-refractivity contribution is -0.121. The van der Waals surface area contributed by atoms with Gasteiger partial charge in [0.2, 0.25) is 11.8 Å². The molecule has 1 saturated heterocycles. The first-order valence-electron chi connectivity index (χ1n) is 9.15. The molecule has 0 aromatic heterocycles. The molecule has 0 atom stereocenters. The molecule has 2 amide bonds. The van der Waals surface area contributed by atoms with Crippen molar-refractivity contribution in [3.63, 3.8) is 0 Å². The van der Waals surface area contributed by atoms with Gasteiger partial charge in [-0.05, 0) is 61.8 Å². The molecule has 0 unspecified atom stereocenters. The van der Waals surface area contributed by atoms with E-state index in [2.05, 4.69) is 15.5 Å². The van der Waals surface area contributed by atoms with Gasteiger partial charge in [-0.1, -0.05) is 29.8 Å². The highest BCUT2D eigenvalue weighted by Crippen LogP contribution is 2.22. The molecular formula is C21H24ClN3O2. The van der Waals surface area contributed by atoms with Gasteiger partial charge in [0.15, 0.2) is 0 Å². The Morgan fingerprint density at radius 2 is 1.67 bits per heavy atom. The number of carbonyl (C=O) groups excluding carboxylic acids is 2. The summed E-state index contributed by atoms with van der Waals surface area (Å²) in [6.07, 6.45) is 1.68. The molecule has 2 aromatic carbocycles. The molecule has 1 fully saturated rings. The van der Waals surface area contributed by atoms with Crippen LogP contribution in [0, 0.1) is 5.92 Å². The minimum atomic E-state index is -0.133. The number of rotatable bonds is 5. The van der Waals surface area contributed by atoms with Gasteiger partial charge in [-0.25, -0.2) is 0 Å². The summed E-state index contributed by atoms with van der Waals surface area (Å²) in [7, 11) is 0. The lowest BCUT2D eigenvalue weighted by Crippen LogP contribution is -2.37. The number of anilines is 2. The number of halogens is 1. The Morgan fingerprint density at radius 1 is 1.04 bits per heavy atom. The maximum absolute atomic E-state index is 12.6. The number of hydrogen-bond acceptors (Lipinski definition) is 3. The smallest absolute Gasteiger partial charge is 0.227 e. The van der Waals surface area contributed by atoms with E-state index in [9.17, 15) is 9.59 Å². The van der Waals surface area contributed by atoms with Crippen molar-refractivity contribution in [1.82, 2.24) is 4.90 Å². The Balaban J connectivity index is 1.49. The van der Waals surface area contributed by atoms with E-state index < -0.39 is 0 Å². The number of piperidine rings is 1. The average molecular weight is 386 g/mol. The summed E-state index contributed by atoms with van der Waals surface area (Å²) in [4.78, 5) is 26.1. The van der Waals surface area contributed by atoms with Gasteiger partial charge in [-0.2, -0.15) is 0 Å². The standard InChI is InChI=1S/C21H24ClN3O2/c1-15(26)23-19-3-2-4-20(13-19)24-21(27)17-9-11-25(12-10-17)14-16-5-7-18(22)8-6-16/h2-8,13,17H,9-12,14H2,1H3,(H,23,26)(H,24,27). The lowest BCUT2D eigenvalue weighted by atomic mass is 9.95. The summed E-state index contributed by atoms with van der Waals surface area (Å²) >= 11 is 5.93. The third kappa shape index (κ3) is 5.81. The molecule has 142 valence electrons. The van der Waals surface area contributed by atoms with Crippen molar-refractivity contribution in [1.29, 1.82) is 0 Å². The van der Waals surface area contributed by atoms with E-state index in [4.69, 9.17) is 11.6 Å². The van der Waals surface area contributed by atoms with E-state index in [1.807, 2.05) is 36.4 Å². The Labute approximate surface area is 164 Å². The topological polar surface area (TPSA) is 61.4 Å². The largest absolute Gasteiger partial charge is 0.326 e. The quantitative estimate of drug-likeness (QED) is 0.812. The van der Waals surface area contributed by atoms with Crippen LogP contribution in [0.15, 0.2) is 48.5 Å². The number of likely N-dealkylation sites (tertiary alicyclic amines) is 1. The van der Waals surface area contributed by atoms with Crippen molar-refractivity contribution in [2.45, 2.75) is 26.3 Å². The van der Waals surface area contributed by atoms with E-state index in [-0.39, 0.29) is 17.7 Å². The van der Waals surface area contributed by atoms with Gasteiger partial charge in [-0.15, -0.1) is 0 Å². The maximum atomic E-state index is 12.6. The molecule has 2 N–H and O–H groups in total. The summed E-state index contributed by atoms with van der Waals surface area (Å²) < 4.78 is 0. The second-order valence-corrected chi connectivity index (χ2v) is 7.36. The van der Waals surface area contributed by atoms with Gasteiger partial charge in [0.05, 0.1) is 0 Å². The molecule has 0 radical (unpaired) electrons. The molecule has 0 spiro atoms. The Hall–Kier alpha value is -2.37. The highest BCUT2D eigenvalue weighted by atomic mass is 35.5. The van der Waals surface area contributed by atoms with E-state index in [1.54, 1.807) is 12.1 Å². The van der Waals surface area contributed by atoms with Crippen LogP contribution in [0.5, 0.6) is 0 Å². The van der Waals surface area contributed by atoms with Gasteiger partial charge in [-0.3, -0.25) is 14.5 Å². The van der Waals surface area contributed by atoms with Crippen molar-refractivity contribution in [3.05, 3.63) is 59.1 Å². The first-order valence-corrected chi connectivity index (χ1v) is 9.53. The molecule has 6 heteroatoms. The third-order valence-electron chi connectivity index (χ3n) is 4.73. The van der Waals surface area contributed by atoms with Crippen LogP contribution in [0.1, 0.15) is 25.3 Å². The number of amides is 2. The molecule has 27 heavy (non-hydrogen) atoms. The Morgan fingerprint density at radius 3 is 2.30 bits per heavy atom. The minimum Gasteiger partial charge on any atom is -0.326 e. The van der Waals surface area contributed by atoms with E-state index in [0.29, 0.717) is 11.4 Å². The van der Waals surface area contributed by atoms with Gasteiger partial charge in [0.25, 0.3) is 0 Å². The first-order chi connectivity index (χ1) is 13.0. The van der Waals surface area contributed by atoms with Crippen molar-refractivity contribution < 1.29 is 9.59 Å². The van der Waals surface area contributed by atoms with Crippen LogP contribution < -0.4 is 10.6 Å². The maximum Gasteiger partial charge on any atom is 0.227 e. The molecule has 1 aliphatic heterocycles. The third-order valence-corrected chi connectivity index (χ3v) is 4.98. The summed E-state index contributed by atoms with van der Waals surface area (Å²) in [6, 6.07) is 15.1. The fraction of sp³-hybridized carbons (Fsp3) is 0.333. The number of hydrogen-bond donors (Lipinski definition) is 2. The fourth-order valence-corrected chi connectivity index (χ4v) is 3.45.